The smallest absolute Gasteiger partial charge is 0.410 e. The van der Waals surface area contributed by atoms with Gasteiger partial charge in [-0.2, -0.15) is 0 Å². The summed E-state index contributed by atoms with van der Waals surface area (Å²) >= 11 is 0. The third-order valence-electron chi connectivity index (χ3n) is 9.13. The van der Waals surface area contributed by atoms with Crippen molar-refractivity contribution in [3.05, 3.63) is 58.7 Å². The molecule has 0 radical (unpaired) electrons. The van der Waals surface area contributed by atoms with E-state index in [4.69, 9.17) is 14.5 Å². The number of hydrogen-bond donors (Lipinski definition) is 1. The summed E-state index contributed by atoms with van der Waals surface area (Å²) in [6.45, 7) is 18.5. The Labute approximate surface area is 273 Å². The fraction of sp³-hybridized carbons (Fsp3) is 0.629. The van der Waals surface area contributed by atoms with Crippen molar-refractivity contribution in [3.8, 4) is 0 Å². The molecule has 2 fully saturated rings. The van der Waals surface area contributed by atoms with Crippen molar-refractivity contribution in [2.24, 2.45) is 0 Å². The molecule has 1 aromatic carbocycles. The molecule has 0 saturated carbocycles. The second-order valence-corrected chi connectivity index (χ2v) is 14.7. The Balaban J connectivity index is 1.40. The molecule has 1 N–H and O–H groups in total. The Morgan fingerprint density at radius 2 is 1.80 bits per heavy atom. The molecule has 2 aromatic rings. The molecule has 0 spiro atoms. The van der Waals surface area contributed by atoms with Crippen LogP contribution in [0.4, 0.5) is 14.9 Å². The number of hydrogen-bond acceptors (Lipinski definition) is 8. The van der Waals surface area contributed by atoms with Crippen molar-refractivity contribution in [1.29, 1.82) is 0 Å². The number of halogens is 1. The Hall–Kier alpha value is -3.12. The van der Waals surface area contributed by atoms with E-state index < -0.39 is 5.60 Å². The molecule has 10 nitrogen and oxygen atoms in total. The second kappa shape index (κ2) is 13.9. The number of aromatic nitrogens is 1. The zero-order valence-corrected chi connectivity index (χ0v) is 28.6. The molecule has 5 rings (SSSR count). The number of carbonyl (C=O) groups is 2. The maximum absolute atomic E-state index is 14.2. The number of anilines is 1. The minimum Gasteiger partial charge on any atom is -0.444 e. The number of methoxy groups -OCH3 is 1. The summed E-state index contributed by atoms with van der Waals surface area (Å²) in [7, 11) is 1.64. The highest BCUT2D eigenvalue weighted by molar-refractivity contribution is 5.97. The molecule has 3 aliphatic heterocycles. The van der Waals surface area contributed by atoms with Crippen LogP contribution in [0.15, 0.2) is 30.3 Å². The topological polar surface area (TPSA) is 90.5 Å². The van der Waals surface area contributed by atoms with Crippen LogP contribution in [0.5, 0.6) is 0 Å². The van der Waals surface area contributed by atoms with Crippen LogP contribution < -0.4 is 10.2 Å². The van der Waals surface area contributed by atoms with Gasteiger partial charge in [-0.1, -0.05) is 26.0 Å². The lowest BCUT2D eigenvalue weighted by Crippen LogP contribution is -2.62. The maximum atomic E-state index is 14.2. The lowest BCUT2D eigenvalue weighted by atomic mass is 9.90. The average molecular weight is 639 g/mol. The first-order valence-electron chi connectivity index (χ1n) is 16.5. The lowest BCUT2D eigenvalue weighted by molar-refractivity contribution is -0.121. The van der Waals surface area contributed by atoms with E-state index in [1.54, 1.807) is 12.0 Å². The summed E-state index contributed by atoms with van der Waals surface area (Å²) in [5.74, 6) is -0.265. The number of carbonyl (C=O) groups excluding carboxylic acids is 2. The number of fused-ring (bicyclic) bond motifs is 1. The standard InChI is InChI=1S/C35H51FN6O4/c1-24-18-40(28(22-45-7)19-41(24)33(44)46-34(2,3)4)21-31(43)42-23-35(5,6)32-30(42)17-26(16-25-8-10-27(36)11-9-25)29(38-32)20-39-14-12-37-13-15-39/h8-11,17,24,28,37H,12-16,18-23H2,1-7H3/t24-,28-/m1/s1. The molecule has 0 unspecified atom stereocenters. The molecule has 2 amide bonds. The number of piperazine rings is 2. The van der Waals surface area contributed by atoms with E-state index in [0.29, 0.717) is 32.7 Å². The van der Waals surface area contributed by atoms with Crippen molar-refractivity contribution in [1.82, 2.24) is 25.0 Å². The van der Waals surface area contributed by atoms with Gasteiger partial charge in [-0.15, -0.1) is 0 Å². The van der Waals surface area contributed by atoms with Gasteiger partial charge in [-0.3, -0.25) is 19.6 Å². The van der Waals surface area contributed by atoms with Crippen LogP contribution in [0, 0.1) is 5.82 Å². The quantitative estimate of drug-likeness (QED) is 0.467. The average Bonchev–Trinajstić information content (AvgIpc) is 3.25. The van der Waals surface area contributed by atoms with Crippen LogP contribution >= 0.6 is 0 Å². The van der Waals surface area contributed by atoms with E-state index in [1.165, 1.54) is 12.1 Å². The van der Waals surface area contributed by atoms with Gasteiger partial charge in [0.25, 0.3) is 0 Å². The zero-order valence-electron chi connectivity index (χ0n) is 28.6. The third kappa shape index (κ3) is 8.05. The highest BCUT2D eigenvalue weighted by Crippen LogP contribution is 2.41. The summed E-state index contributed by atoms with van der Waals surface area (Å²) < 4.78 is 24.9. The van der Waals surface area contributed by atoms with Gasteiger partial charge in [0.15, 0.2) is 0 Å². The molecule has 0 bridgehead atoms. The van der Waals surface area contributed by atoms with Gasteiger partial charge in [0, 0.05) is 70.9 Å². The number of nitrogens with one attached hydrogen (secondary N) is 1. The molecule has 2 saturated heterocycles. The molecule has 252 valence electrons. The molecular formula is C35H51FN6O4. The van der Waals surface area contributed by atoms with Crippen LogP contribution in [0.2, 0.25) is 0 Å². The van der Waals surface area contributed by atoms with Crippen molar-refractivity contribution in [2.75, 3.05) is 71.0 Å². The van der Waals surface area contributed by atoms with Crippen LogP contribution in [0.25, 0.3) is 0 Å². The van der Waals surface area contributed by atoms with Crippen LogP contribution in [-0.4, -0.2) is 115 Å². The third-order valence-corrected chi connectivity index (χ3v) is 9.13. The number of rotatable bonds is 8. The van der Waals surface area contributed by atoms with Gasteiger partial charge in [-0.25, -0.2) is 9.18 Å². The maximum Gasteiger partial charge on any atom is 0.410 e. The summed E-state index contributed by atoms with van der Waals surface area (Å²) in [6.07, 6.45) is 0.253. The predicted octanol–water partition coefficient (Wildman–Crippen LogP) is 3.80. The summed E-state index contributed by atoms with van der Waals surface area (Å²) in [5, 5.41) is 3.42. The molecular weight excluding hydrogens is 587 g/mol. The van der Waals surface area contributed by atoms with E-state index in [1.807, 2.05) is 44.7 Å². The van der Waals surface area contributed by atoms with Gasteiger partial charge < -0.3 is 24.6 Å². The van der Waals surface area contributed by atoms with Crippen molar-refractivity contribution >= 4 is 17.7 Å². The van der Waals surface area contributed by atoms with Crippen LogP contribution in [0.3, 0.4) is 0 Å². The first-order chi connectivity index (χ1) is 21.7. The van der Waals surface area contributed by atoms with Crippen LogP contribution in [-0.2, 0) is 32.6 Å². The summed E-state index contributed by atoms with van der Waals surface area (Å²) in [4.78, 5) is 40.6. The molecule has 3 aliphatic rings. The number of nitrogens with zero attached hydrogens (tertiary/aromatic N) is 5. The van der Waals surface area contributed by atoms with Gasteiger partial charge in [0.2, 0.25) is 5.91 Å². The Morgan fingerprint density at radius 3 is 2.46 bits per heavy atom. The van der Waals surface area contributed by atoms with E-state index in [-0.39, 0.29) is 41.9 Å². The number of amides is 2. The summed E-state index contributed by atoms with van der Waals surface area (Å²) in [5.41, 5.74) is 3.93. The number of ether oxygens (including phenoxy) is 2. The van der Waals surface area contributed by atoms with E-state index >= 15 is 0 Å². The normalized spacial score (nSPS) is 22.2. The van der Waals surface area contributed by atoms with Gasteiger partial charge in [0.05, 0.1) is 36.3 Å². The van der Waals surface area contributed by atoms with E-state index in [0.717, 1.165) is 60.9 Å². The van der Waals surface area contributed by atoms with Gasteiger partial charge >= 0.3 is 6.09 Å². The molecule has 11 heteroatoms. The van der Waals surface area contributed by atoms with Crippen molar-refractivity contribution < 1.29 is 23.5 Å². The Kier molecular flexibility index (Phi) is 10.4. The highest BCUT2D eigenvalue weighted by atomic mass is 19.1. The number of pyridine rings is 1. The SMILES string of the molecule is COC[C@H]1CN(C(=O)OC(C)(C)C)[C@H](C)CN1CC(=O)N1CC(C)(C)c2nc(CN3CCNCC3)c(Cc3ccc(F)cc3)cc21. The predicted molar refractivity (Wildman–Crippen MR) is 177 cm³/mol. The minimum absolute atomic E-state index is 0.00441. The highest BCUT2D eigenvalue weighted by Gasteiger charge is 2.43. The van der Waals surface area contributed by atoms with E-state index in [9.17, 15) is 14.0 Å². The molecule has 4 heterocycles. The zero-order chi connectivity index (χ0) is 33.2. The first-order valence-corrected chi connectivity index (χ1v) is 16.5. The van der Waals surface area contributed by atoms with Gasteiger partial charge in [0.1, 0.15) is 11.4 Å². The van der Waals surface area contributed by atoms with Crippen molar-refractivity contribution in [3.63, 3.8) is 0 Å². The minimum atomic E-state index is -0.592. The largest absolute Gasteiger partial charge is 0.444 e. The van der Waals surface area contributed by atoms with E-state index in [2.05, 4.69) is 35.0 Å². The lowest BCUT2D eigenvalue weighted by Gasteiger charge is -2.45. The first kappa shape index (κ1) is 34.2. The van der Waals surface area contributed by atoms with Crippen molar-refractivity contribution in [2.45, 2.75) is 77.6 Å². The monoisotopic (exact) mass is 638 g/mol. The van der Waals surface area contributed by atoms with Gasteiger partial charge in [-0.05, 0) is 63.4 Å². The Bertz CT molecular complexity index is 1390. The molecule has 0 aliphatic carbocycles. The Morgan fingerprint density at radius 1 is 1.11 bits per heavy atom. The molecule has 1 aromatic heterocycles. The molecule has 46 heavy (non-hydrogen) atoms. The second-order valence-electron chi connectivity index (χ2n) is 14.7. The summed E-state index contributed by atoms with van der Waals surface area (Å²) in [6, 6.07) is 8.48. The van der Waals surface area contributed by atoms with Crippen LogP contribution in [0.1, 0.15) is 64.1 Å². The number of benzene rings is 1. The fourth-order valence-electron chi connectivity index (χ4n) is 6.74. The fourth-order valence-corrected chi connectivity index (χ4v) is 6.74. The molecule has 2 atom stereocenters.